The molecule has 0 bridgehead atoms. The molecule has 0 aliphatic carbocycles. The molecule has 3 rings (SSSR count). The fourth-order valence-electron chi connectivity index (χ4n) is 2.35. The van der Waals surface area contributed by atoms with Crippen LogP contribution in [0.15, 0.2) is 28.0 Å². The number of fused-ring (bicyclic) bond motifs is 1. The monoisotopic (exact) mass is 291 g/mol. The summed E-state index contributed by atoms with van der Waals surface area (Å²) >= 11 is 1.35. The van der Waals surface area contributed by atoms with E-state index in [0.717, 1.165) is 25.9 Å². The van der Waals surface area contributed by atoms with E-state index in [4.69, 9.17) is 4.42 Å². The van der Waals surface area contributed by atoms with Crippen LogP contribution in [0.3, 0.4) is 0 Å². The predicted molar refractivity (Wildman–Crippen MR) is 77.6 cm³/mol. The Bertz CT molecular complexity index is 558. The van der Waals surface area contributed by atoms with Crippen molar-refractivity contribution < 1.29 is 9.21 Å². The van der Waals surface area contributed by atoms with Crippen LogP contribution in [-0.2, 0) is 4.79 Å². The molecule has 6 heteroatoms. The molecule has 3 heterocycles. The summed E-state index contributed by atoms with van der Waals surface area (Å²) in [6.07, 6.45) is 6.37. The van der Waals surface area contributed by atoms with E-state index in [1.165, 1.54) is 24.6 Å². The molecule has 1 saturated heterocycles. The summed E-state index contributed by atoms with van der Waals surface area (Å²) in [5, 5.41) is 0.516. The van der Waals surface area contributed by atoms with E-state index in [1.807, 2.05) is 17.0 Å². The molecule has 2 aromatic rings. The summed E-state index contributed by atoms with van der Waals surface area (Å²) < 4.78 is 5.55. The normalized spacial score (nSPS) is 16.3. The first-order valence-electron chi connectivity index (χ1n) is 6.95. The lowest BCUT2D eigenvalue weighted by atomic mass is 10.2. The SMILES string of the molecule is O=C(CSc1nc2ncccc2o1)N1CCCCCC1. The van der Waals surface area contributed by atoms with Gasteiger partial charge in [0.15, 0.2) is 11.2 Å². The molecule has 2 aromatic heterocycles. The molecule has 0 saturated carbocycles. The van der Waals surface area contributed by atoms with Crippen LogP contribution in [0.1, 0.15) is 25.7 Å². The summed E-state index contributed by atoms with van der Waals surface area (Å²) in [6.45, 7) is 1.77. The third-order valence-corrected chi connectivity index (χ3v) is 4.24. The molecular formula is C14H17N3O2S. The average Bonchev–Trinajstić information content (AvgIpc) is 2.69. The minimum atomic E-state index is 0.173. The number of carbonyl (C=O) groups excluding carboxylic acids is 1. The number of hydrogen-bond acceptors (Lipinski definition) is 5. The van der Waals surface area contributed by atoms with Crippen molar-refractivity contribution in [3.8, 4) is 0 Å². The summed E-state index contributed by atoms with van der Waals surface area (Å²) in [4.78, 5) is 22.5. The molecule has 0 atom stereocenters. The highest BCUT2D eigenvalue weighted by Crippen LogP contribution is 2.22. The highest BCUT2D eigenvalue weighted by molar-refractivity contribution is 7.99. The molecule has 5 nitrogen and oxygen atoms in total. The van der Waals surface area contributed by atoms with Crippen LogP contribution in [0.25, 0.3) is 11.2 Å². The quantitative estimate of drug-likeness (QED) is 0.814. The van der Waals surface area contributed by atoms with E-state index in [1.54, 1.807) is 6.20 Å². The van der Waals surface area contributed by atoms with Gasteiger partial charge in [0.25, 0.3) is 5.22 Å². The van der Waals surface area contributed by atoms with E-state index in [0.29, 0.717) is 22.2 Å². The fraction of sp³-hybridized carbons (Fsp3) is 0.500. The zero-order valence-corrected chi connectivity index (χ0v) is 12.1. The lowest BCUT2D eigenvalue weighted by molar-refractivity contribution is -0.128. The van der Waals surface area contributed by atoms with Gasteiger partial charge in [0.05, 0.1) is 5.75 Å². The molecule has 1 aliphatic rings. The van der Waals surface area contributed by atoms with Gasteiger partial charge >= 0.3 is 0 Å². The largest absolute Gasteiger partial charge is 0.430 e. The third-order valence-electron chi connectivity index (χ3n) is 3.42. The van der Waals surface area contributed by atoms with Crippen molar-refractivity contribution in [2.75, 3.05) is 18.8 Å². The maximum atomic E-state index is 12.2. The lowest BCUT2D eigenvalue weighted by Gasteiger charge is -2.19. The summed E-state index contributed by atoms with van der Waals surface area (Å²) in [5.41, 5.74) is 1.26. The Hall–Kier alpha value is -1.56. The third kappa shape index (κ3) is 3.12. The number of nitrogens with zero attached hydrogens (tertiary/aromatic N) is 3. The van der Waals surface area contributed by atoms with Crippen molar-refractivity contribution >= 4 is 28.9 Å². The summed E-state index contributed by atoms with van der Waals surface area (Å²) in [7, 11) is 0. The van der Waals surface area contributed by atoms with E-state index in [2.05, 4.69) is 9.97 Å². The van der Waals surface area contributed by atoms with Crippen LogP contribution in [0.5, 0.6) is 0 Å². The zero-order valence-electron chi connectivity index (χ0n) is 11.2. The van der Waals surface area contributed by atoms with Crippen LogP contribution in [-0.4, -0.2) is 39.6 Å². The second kappa shape index (κ2) is 6.26. The van der Waals surface area contributed by atoms with Gasteiger partial charge in [-0.15, -0.1) is 0 Å². The van der Waals surface area contributed by atoms with Gasteiger partial charge in [-0.2, -0.15) is 4.98 Å². The van der Waals surface area contributed by atoms with E-state index < -0.39 is 0 Å². The van der Waals surface area contributed by atoms with Crippen molar-refractivity contribution in [1.82, 2.24) is 14.9 Å². The molecule has 0 radical (unpaired) electrons. The van der Waals surface area contributed by atoms with E-state index in [-0.39, 0.29) is 5.91 Å². The highest BCUT2D eigenvalue weighted by atomic mass is 32.2. The van der Waals surface area contributed by atoms with Crippen molar-refractivity contribution in [2.24, 2.45) is 0 Å². The van der Waals surface area contributed by atoms with Gasteiger partial charge in [-0.05, 0) is 25.0 Å². The Morgan fingerprint density at radius 3 is 2.85 bits per heavy atom. The average molecular weight is 291 g/mol. The maximum absolute atomic E-state index is 12.2. The number of rotatable bonds is 3. The molecular weight excluding hydrogens is 274 g/mol. The highest BCUT2D eigenvalue weighted by Gasteiger charge is 2.17. The molecule has 106 valence electrons. The molecule has 0 unspecified atom stereocenters. The van der Waals surface area contributed by atoms with Crippen molar-refractivity contribution in [3.63, 3.8) is 0 Å². The number of pyridine rings is 1. The number of oxazole rings is 1. The van der Waals surface area contributed by atoms with Gasteiger partial charge in [-0.3, -0.25) is 4.79 Å². The fourth-order valence-corrected chi connectivity index (χ4v) is 3.08. The van der Waals surface area contributed by atoms with Crippen LogP contribution < -0.4 is 0 Å². The molecule has 1 fully saturated rings. The van der Waals surface area contributed by atoms with Crippen molar-refractivity contribution in [2.45, 2.75) is 30.9 Å². The van der Waals surface area contributed by atoms with Crippen LogP contribution >= 0.6 is 11.8 Å². The standard InChI is InChI=1S/C14H17N3O2S/c18-12(17-8-3-1-2-4-9-17)10-20-14-16-13-11(19-14)6-5-7-15-13/h5-7H,1-4,8-10H2. The van der Waals surface area contributed by atoms with Gasteiger partial charge in [-0.25, -0.2) is 4.98 Å². The van der Waals surface area contributed by atoms with Crippen LogP contribution in [0, 0.1) is 0 Å². The molecule has 0 N–H and O–H groups in total. The second-order valence-electron chi connectivity index (χ2n) is 4.89. The molecule has 0 spiro atoms. The predicted octanol–water partition coefficient (Wildman–Crippen LogP) is 2.72. The first-order valence-corrected chi connectivity index (χ1v) is 7.93. The molecule has 0 aromatic carbocycles. The number of likely N-dealkylation sites (tertiary alicyclic amines) is 1. The smallest absolute Gasteiger partial charge is 0.258 e. The number of hydrogen-bond donors (Lipinski definition) is 0. The first kappa shape index (κ1) is 13.4. The van der Waals surface area contributed by atoms with Crippen LogP contribution in [0.4, 0.5) is 0 Å². The number of thioether (sulfide) groups is 1. The topological polar surface area (TPSA) is 59.2 Å². The number of amides is 1. The van der Waals surface area contributed by atoms with Gasteiger partial charge in [0.2, 0.25) is 5.91 Å². The van der Waals surface area contributed by atoms with E-state index >= 15 is 0 Å². The first-order chi connectivity index (χ1) is 9.83. The molecule has 1 aliphatic heterocycles. The summed E-state index contributed by atoms with van der Waals surface area (Å²) in [5.74, 6) is 0.555. The number of aromatic nitrogens is 2. The Balaban J connectivity index is 1.59. The Kier molecular flexibility index (Phi) is 4.20. The Morgan fingerprint density at radius 2 is 2.10 bits per heavy atom. The Morgan fingerprint density at radius 1 is 1.30 bits per heavy atom. The van der Waals surface area contributed by atoms with Gasteiger partial charge in [0.1, 0.15) is 0 Å². The maximum Gasteiger partial charge on any atom is 0.258 e. The molecule has 1 amide bonds. The van der Waals surface area contributed by atoms with Crippen molar-refractivity contribution in [1.29, 1.82) is 0 Å². The minimum Gasteiger partial charge on any atom is -0.430 e. The van der Waals surface area contributed by atoms with Gasteiger partial charge in [0, 0.05) is 19.3 Å². The van der Waals surface area contributed by atoms with E-state index in [9.17, 15) is 4.79 Å². The van der Waals surface area contributed by atoms with Crippen LogP contribution in [0.2, 0.25) is 0 Å². The van der Waals surface area contributed by atoms with Gasteiger partial charge in [-0.1, -0.05) is 24.6 Å². The Labute approximate surface area is 121 Å². The van der Waals surface area contributed by atoms with Crippen molar-refractivity contribution in [3.05, 3.63) is 18.3 Å². The second-order valence-corrected chi connectivity index (χ2v) is 5.82. The zero-order chi connectivity index (χ0) is 13.8. The van der Waals surface area contributed by atoms with Gasteiger partial charge < -0.3 is 9.32 Å². The minimum absolute atomic E-state index is 0.173. The molecule has 20 heavy (non-hydrogen) atoms. The lowest BCUT2D eigenvalue weighted by Crippen LogP contribution is -2.33. The number of carbonyl (C=O) groups is 1. The summed E-state index contributed by atoms with van der Waals surface area (Å²) in [6, 6.07) is 3.64.